The van der Waals surface area contributed by atoms with E-state index < -0.39 is 33.9 Å². The summed E-state index contributed by atoms with van der Waals surface area (Å²) in [6.07, 6.45) is 3.32. The second kappa shape index (κ2) is 14.8. The molecule has 0 atom stereocenters. The van der Waals surface area contributed by atoms with Crippen LogP contribution in [0.4, 0.5) is 0 Å². The van der Waals surface area contributed by atoms with Crippen molar-refractivity contribution in [1.82, 2.24) is 0 Å². The van der Waals surface area contributed by atoms with E-state index in [0.29, 0.717) is 16.7 Å². The standard InChI is InChI=1S/3C9H8O2S.Sb/c3*1-2-11-9(10)7-3-5-8(12)6-4-7;/h3*2-6,12H,1H2;/q;;;+3/p-3. The quantitative estimate of drug-likeness (QED) is 0.0865. The van der Waals surface area contributed by atoms with Crippen LogP contribution in [0.1, 0.15) is 31.1 Å². The van der Waals surface area contributed by atoms with Crippen molar-refractivity contribution >= 4 is 60.5 Å². The Balaban J connectivity index is 1.79. The molecule has 3 rings (SSSR count). The molecular formula is C27H21O6S3Sb. The summed E-state index contributed by atoms with van der Waals surface area (Å²) in [5.74, 6) is -1.38. The van der Waals surface area contributed by atoms with E-state index in [9.17, 15) is 14.4 Å². The molecule has 0 bridgehead atoms. The Morgan fingerprint density at radius 1 is 0.514 bits per heavy atom. The van der Waals surface area contributed by atoms with Crippen LogP contribution in [0.5, 0.6) is 0 Å². The Morgan fingerprint density at radius 3 is 0.973 bits per heavy atom. The minimum absolute atomic E-state index is 0.442. The SMILES string of the molecule is C=COC(=O)c1ccc([S][Sb]([S]c2ccc(C(=O)OC=C)cc2)[S]c2ccc(C(=O)OC=C)cc2)cc1. The second-order valence-electron chi connectivity index (χ2n) is 6.79. The van der Waals surface area contributed by atoms with Gasteiger partial charge in [-0.25, -0.2) is 0 Å². The Hall–Kier alpha value is -2.84. The molecule has 188 valence electrons. The van der Waals surface area contributed by atoms with Gasteiger partial charge in [-0.1, -0.05) is 0 Å². The fourth-order valence-electron chi connectivity index (χ4n) is 2.70. The van der Waals surface area contributed by atoms with Gasteiger partial charge in [0.2, 0.25) is 0 Å². The van der Waals surface area contributed by atoms with Gasteiger partial charge in [0.05, 0.1) is 0 Å². The van der Waals surface area contributed by atoms with Crippen LogP contribution < -0.4 is 0 Å². The maximum absolute atomic E-state index is 11.9. The van der Waals surface area contributed by atoms with Crippen LogP contribution in [-0.2, 0) is 14.2 Å². The van der Waals surface area contributed by atoms with Crippen molar-refractivity contribution < 1.29 is 28.6 Å². The zero-order valence-electron chi connectivity index (χ0n) is 19.4. The molecule has 10 heteroatoms. The number of hydrogen-bond acceptors (Lipinski definition) is 9. The number of esters is 3. The van der Waals surface area contributed by atoms with Crippen molar-refractivity contribution in [3.05, 3.63) is 128 Å². The number of carbonyl (C=O) groups excluding carboxylic acids is 3. The molecule has 0 heterocycles. The predicted molar refractivity (Wildman–Crippen MR) is 149 cm³/mol. The summed E-state index contributed by atoms with van der Waals surface area (Å²) in [7, 11) is 5.33. The van der Waals surface area contributed by atoms with Crippen LogP contribution in [0.15, 0.2) is 126 Å². The summed E-state index contributed by atoms with van der Waals surface area (Å²) in [5, 5.41) is 0. The molecule has 0 saturated heterocycles. The van der Waals surface area contributed by atoms with E-state index in [4.69, 9.17) is 14.2 Å². The third kappa shape index (κ3) is 8.89. The topological polar surface area (TPSA) is 78.9 Å². The van der Waals surface area contributed by atoms with Crippen molar-refractivity contribution in [3.63, 3.8) is 0 Å². The van der Waals surface area contributed by atoms with Gasteiger partial charge in [-0.15, -0.1) is 0 Å². The van der Waals surface area contributed by atoms with Gasteiger partial charge in [0, 0.05) is 0 Å². The van der Waals surface area contributed by atoms with Crippen LogP contribution in [0.3, 0.4) is 0 Å². The average molecular weight is 659 g/mol. The minimum atomic E-state index is -2.26. The summed E-state index contributed by atoms with van der Waals surface area (Å²) in [5.41, 5.74) is 1.33. The van der Waals surface area contributed by atoms with Crippen molar-refractivity contribution in [3.8, 4) is 0 Å². The average Bonchev–Trinajstić information content (AvgIpc) is 2.90. The number of ether oxygens (including phenoxy) is 3. The van der Waals surface area contributed by atoms with Crippen LogP contribution in [0.25, 0.3) is 0 Å². The fraction of sp³-hybridized carbons (Fsp3) is 0. The van der Waals surface area contributed by atoms with Gasteiger partial charge in [-0.05, 0) is 0 Å². The summed E-state index contributed by atoms with van der Waals surface area (Å²) in [6.45, 7) is 10.2. The molecule has 0 N–H and O–H groups in total. The first-order chi connectivity index (χ1) is 17.9. The molecule has 0 aliphatic carbocycles. The van der Waals surface area contributed by atoms with Crippen LogP contribution in [-0.4, -0.2) is 33.9 Å². The van der Waals surface area contributed by atoms with Crippen LogP contribution in [0, 0.1) is 0 Å². The number of hydrogen-bond donors (Lipinski definition) is 0. The molecule has 0 amide bonds. The number of rotatable bonds is 12. The van der Waals surface area contributed by atoms with Gasteiger partial charge < -0.3 is 0 Å². The van der Waals surface area contributed by atoms with Crippen LogP contribution >= 0.6 is 26.5 Å². The first-order valence-corrected chi connectivity index (χ1v) is 22.2. The third-order valence-corrected chi connectivity index (χ3v) is 24.5. The predicted octanol–water partition coefficient (Wildman–Crippen LogP) is 7.25. The Morgan fingerprint density at radius 2 is 0.757 bits per heavy atom. The maximum atomic E-state index is 11.9. The molecule has 3 aromatic carbocycles. The molecule has 0 fully saturated rings. The zero-order valence-corrected chi connectivity index (χ0v) is 24.4. The van der Waals surface area contributed by atoms with E-state index in [-0.39, 0.29) is 0 Å². The van der Waals surface area contributed by atoms with E-state index in [1.54, 1.807) is 62.9 Å². The summed E-state index contributed by atoms with van der Waals surface area (Å²) < 4.78 is 14.5. The van der Waals surface area contributed by atoms with Crippen molar-refractivity contribution in [2.75, 3.05) is 0 Å². The van der Waals surface area contributed by atoms with E-state index in [1.807, 2.05) is 36.4 Å². The molecule has 6 nitrogen and oxygen atoms in total. The van der Waals surface area contributed by atoms with Crippen molar-refractivity contribution in [2.45, 2.75) is 14.7 Å². The molecule has 0 spiro atoms. The number of benzene rings is 3. The summed E-state index contributed by atoms with van der Waals surface area (Å²) in [4.78, 5) is 38.8. The van der Waals surface area contributed by atoms with Crippen LogP contribution in [0.2, 0.25) is 0 Å². The molecule has 37 heavy (non-hydrogen) atoms. The monoisotopic (exact) mass is 658 g/mol. The number of carbonyl (C=O) groups is 3. The first-order valence-electron chi connectivity index (χ1n) is 10.5. The van der Waals surface area contributed by atoms with Gasteiger partial charge in [0.15, 0.2) is 0 Å². The van der Waals surface area contributed by atoms with E-state index in [1.165, 1.54) is 0 Å². The summed E-state index contributed by atoms with van der Waals surface area (Å²) >= 11 is -2.26. The fourth-order valence-corrected chi connectivity index (χ4v) is 25.3. The van der Waals surface area contributed by atoms with E-state index >= 15 is 0 Å². The Labute approximate surface area is 230 Å². The molecule has 0 unspecified atom stereocenters. The molecule has 0 aromatic heterocycles. The summed E-state index contributed by atoms with van der Waals surface area (Å²) in [6, 6.07) is 21.7. The first kappa shape index (κ1) is 28.7. The normalized spacial score (nSPS) is 10.3. The van der Waals surface area contributed by atoms with Gasteiger partial charge in [0.1, 0.15) is 0 Å². The third-order valence-electron chi connectivity index (χ3n) is 4.38. The molecule has 3 aromatic rings. The van der Waals surface area contributed by atoms with E-state index in [0.717, 1.165) is 33.5 Å². The van der Waals surface area contributed by atoms with Gasteiger partial charge >= 0.3 is 232 Å². The zero-order chi connectivity index (χ0) is 26.6. The second-order valence-corrected chi connectivity index (χ2v) is 26.7. The van der Waals surface area contributed by atoms with Crippen molar-refractivity contribution in [1.29, 1.82) is 0 Å². The Bertz CT molecular complexity index is 1110. The molecule has 0 radical (unpaired) electrons. The molecular weight excluding hydrogens is 638 g/mol. The van der Waals surface area contributed by atoms with E-state index in [2.05, 4.69) is 19.7 Å². The van der Waals surface area contributed by atoms with Gasteiger partial charge in [0.25, 0.3) is 0 Å². The van der Waals surface area contributed by atoms with Crippen molar-refractivity contribution in [2.24, 2.45) is 0 Å². The molecule has 0 aliphatic heterocycles. The molecule has 0 aliphatic rings. The molecule has 0 saturated carbocycles. The van der Waals surface area contributed by atoms with Gasteiger partial charge in [-0.2, -0.15) is 0 Å². The van der Waals surface area contributed by atoms with Gasteiger partial charge in [-0.3, -0.25) is 0 Å². The Kier molecular flexibility index (Phi) is 11.5.